The number of rotatable bonds is 2. The first kappa shape index (κ1) is 18.5. The maximum Gasteiger partial charge on any atom is 0.307 e. The number of aliphatic hydroxyl groups is 1. The number of hydrogen-bond acceptors (Lipinski definition) is 4. The smallest absolute Gasteiger partial charge is 0.307 e. The van der Waals surface area contributed by atoms with Crippen LogP contribution in [0.2, 0.25) is 5.02 Å². The third kappa shape index (κ3) is 4.19. The second kappa shape index (κ2) is 7.67. The Morgan fingerprint density at radius 2 is 2.14 bits per heavy atom. The molecule has 142 valence electrons. The summed E-state index contributed by atoms with van der Waals surface area (Å²) in [6, 6.07) is 14.2. The van der Waals surface area contributed by atoms with E-state index in [1.807, 2.05) is 24.3 Å². The van der Waals surface area contributed by atoms with Gasteiger partial charge in [0.05, 0.1) is 0 Å². The molecular formula is C22H19ClN2O3. The maximum atomic E-state index is 12.5. The van der Waals surface area contributed by atoms with Crippen LogP contribution in [-0.4, -0.2) is 27.6 Å². The predicted octanol–water partition coefficient (Wildman–Crippen LogP) is 3.94. The van der Waals surface area contributed by atoms with Crippen LogP contribution in [0.25, 0.3) is 11.1 Å². The van der Waals surface area contributed by atoms with Crippen molar-refractivity contribution in [2.24, 2.45) is 0 Å². The molecule has 28 heavy (non-hydrogen) atoms. The van der Waals surface area contributed by atoms with Crippen LogP contribution in [0.15, 0.2) is 52.9 Å². The number of amides is 1. The maximum absolute atomic E-state index is 12.5. The van der Waals surface area contributed by atoms with E-state index in [0.717, 1.165) is 18.4 Å². The minimum atomic E-state index is -1.15. The number of fused-ring (bicyclic) bond motifs is 1. The van der Waals surface area contributed by atoms with Crippen LogP contribution in [0, 0.1) is 11.8 Å². The van der Waals surface area contributed by atoms with Gasteiger partial charge in [-0.3, -0.25) is 4.79 Å². The standard InChI is InChI=1S/C22H19ClN2O3/c23-16-6-3-5-15(13-16)10-12-22(27)11-4-7-17(14-22)24-20(26)21-25-18-8-1-2-9-19(18)28-21/h1-3,5-6,8-9,13,17,27H,4,7,11,14H2,(H,24,26)/t17-,22+/m1/s1. The summed E-state index contributed by atoms with van der Waals surface area (Å²) in [6.45, 7) is 0. The molecule has 0 radical (unpaired) electrons. The zero-order valence-electron chi connectivity index (χ0n) is 15.1. The SMILES string of the molecule is O=C(N[C@@H]1CCC[C@](O)(C#Cc2cccc(Cl)c2)C1)c1nc2ccccc2o1. The van der Waals surface area contributed by atoms with E-state index in [-0.39, 0.29) is 17.8 Å². The molecular weight excluding hydrogens is 376 g/mol. The topological polar surface area (TPSA) is 75.4 Å². The number of aromatic nitrogens is 1. The molecule has 1 aliphatic carbocycles. The largest absolute Gasteiger partial charge is 0.432 e. The third-order valence-corrected chi connectivity index (χ3v) is 5.05. The zero-order valence-corrected chi connectivity index (χ0v) is 15.9. The molecule has 0 bridgehead atoms. The molecule has 1 heterocycles. The summed E-state index contributed by atoms with van der Waals surface area (Å²) in [6.07, 6.45) is 2.45. The Balaban J connectivity index is 1.45. The summed E-state index contributed by atoms with van der Waals surface area (Å²) < 4.78 is 5.51. The molecule has 2 atom stereocenters. The molecule has 1 aliphatic rings. The Morgan fingerprint density at radius 3 is 2.96 bits per heavy atom. The number of nitrogens with one attached hydrogen (secondary N) is 1. The van der Waals surface area contributed by atoms with Gasteiger partial charge in [-0.05, 0) is 49.6 Å². The van der Waals surface area contributed by atoms with E-state index in [4.69, 9.17) is 16.0 Å². The number of carbonyl (C=O) groups excluding carboxylic acids is 1. The van der Waals surface area contributed by atoms with Crippen molar-refractivity contribution in [3.63, 3.8) is 0 Å². The van der Waals surface area contributed by atoms with Crippen LogP contribution in [0.1, 0.15) is 41.9 Å². The molecule has 3 aromatic rings. The lowest BCUT2D eigenvalue weighted by Gasteiger charge is -2.33. The van der Waals surface area contributed by atoms with Crippen LogP contribution in [0.5, 0.6) is 0 Å². The van der Waals surface area contributed by atoms with Crippen molar-refractivity contribution >= 4 is 28.6 Å². The molecule has 1 aromatic heterocycles. The average Bonchev–Trinajstić information content (AvgIpc) is 3.11. The second-order valence-corrected chi connectivity index (χ2v) is 7.48. The summed E-state index contributed by atoms with van der Waals surface area (Å²) in [5, 5.41) is 14.4. The molecule has 4 rings (SSSR count). The third-order valence-electron chi connectivity index (χ3n) is 4.81. The summed E-state index contributed by atoms with van der Waals surface area (Å²) in [5.74, 6) is 5.60. The van der Waals surface area contributed by atoms with Gasteiger partial charge in [0.25, 0.3) is 5.89 Å². The molecule has 2 aromatic carbocycles. The number of oxazole rings is 1. The number of halogens is 1. The van der Waals surface area contributed by atoms with Gasteiger partial charge in [-0.2, -0.15) is 0 Å². The van der Waals surface area contributed by atoms with E-state index in [2.05, 4.69) is 22.1 Å². The lowest BCUT2D eigenvalue weighted by molar-refractivity contribution is 0.0447. The van der Waals surface area contributed by atoms with Gasteiger partial charge in [0.2, 0.25) is 0 Å². The van der Waals surface area contributed by atoms with Crippen molar-refractivity contribution in [3.8, 4) is 11.8 Å². The Labute approximate surface area is 167 Å². The van der Waals surface area contributed by atoms with Crippen molar-refractivity contribution in [1.29, 1.82) is 0 Å². The highest BCUT2D eigenvalue weighted by molar-refractivity contribution is 6.30. The van der Waals surface area contributed by atoms with Crippen LogP contribution in [0.3, 0.4) is 0 Å². The molecule has 0 unspecified atom stereocenters. The molecule has 0 aliphatic heterocycles. The summed E-state index contributed by atoms with van der Waals surface area (Å²) in [5.41, 5.74) is 0.804. The van der Waals surface area contributed by atoms with Gasteiger partial charge in [0.1, 0.15) is 11.1 Å². The van der Waals surface area contributed by atoms with Crippen LogP contribution in [-0.2, 0) is 0 Å². The molecule has 5 nitrogen and oxygen atoms in total. The van der Waals surface area contributed by atoms with Crippen LogP contribution in [0.4, 0.5) is 0 Å². The van der Waals surface area contributed by atoms with Crippen LogP contribution >= 0.6 is 11.6 Å². The Hall–Kier alpha value is -2.81. The van der Waals surface area contributed by atoms with E-state index in [0.29, 0.717) is 29.0 Å². The predicted molar refractivity (Wildman–Crippen MR) is 107 cm³/mol. The van der Waals surface area contributed by atoms with Crippen molar-refractivity contribution in [2.75, 3.05) is 0 Å². The molecule has 0 spiro atoms. The summed E-state index contributed by atoms with van der Waals surface area (Å²) in [7, 11) is 0. The fraction of sp³-hybridized carbons (Fsp3) is 0.273. The Kier molecular flexibility index (Phi) is 5.08. The van der Waals surface area contributed by atoms with Gasteiger partial charge in [-0.15, -0.1) is 0 Å². The Bertz CT molecular complexity index is 1050. The lowest BCUT2D eigenvalue weighted by Crippen LogP contribution is -2.45. The van der Waals surface area contributed by atoms with Crippen molar-refractivity contribution in [2.45, 2.75) is 37.3 Å². The van der Waals surface area contributed by atoms with Gasteiger partial charge in [-0.1, -0.05) is 41.6 Å². The van der Waals surface area contributed by atoms with E-state index in [1.165, 1.54) is 0 Å². The molecule has 0 saturated heterocycles. The van der Waals surface area contributed by atoms with Gasteiger partial charge < -0.3 is 14.8 Å². The first-order valence-corrected chi connectivity index (χ1v) is 9.56. The van der Waals surface area contributed by atoms with Crippen molar-refractivity contribution in [3.05, 3.63) is 65.0 Å². The first-order valence-electron chi connectivity index (χ1n) is 9.18. The van der Waals surface area contributed by atoms with Crippen molar-refractivity contribution in [1.82, 2.24) is 10.3 Å². The second-order valence-electron chi connectivity index (χ2n) is 7.05. The van der Waals surface area contributed by atoms with Gasteiger partial charge in [0, 0.05) is 23.0 Å². The summed E-state index contributed by atoms with van der Waals surface area (Å²) in [4.78, 5) is 16.7. The molecule has 1 saturated carbocycles. The molecule has 1 fully saturated rings. The quantitative estimate of drug-likeness (QED) is 0.645. The minimum absolute atomic E-state index is 0.0281. The van der Waals surface area contributed by atoms with E-state index in [9.17, 15) is 9.90 Å². The number of carbonyl (C=O) groups is 1. The van der Waals surface area contributed by atoms with E-state index >= 15 is 0 Å². The highest BCUT2D eigenvalue weighted by Gasteiger charge is 2.34. The lowest BCUT2D eigenvalue weighted by atomic mass is 9.82. The van der Waals surface area contributed by atoms with Gasteiger partial charge >= 0.3 is 5.91 Å². The minimum Gasteiger partial charge on any atom is -0.432 e. The first-order chi connectivity index (χ1) is 13.5. The van der Waals surface area contributed by atoms with E-state index in [1.54, 1.807) is 24.3 Å². The van der Waals surface area contributed by atoms with Crippen LogP contribution < -0.4 is 5.32 Å². The highest BCUT2D eigenvalue weighted by atomic mass is 35.5. The monoisotopic (exact) mass is 394 g/mol. The zero-order chi connectivity index (χ0) is 19.6. The van der Waals surface area contributed by atoms with E-state index < -0.39 is 5.60 Å². The van der Waals surface area contributed by atoms with Gasteiger partial charge in [0.15, 0.2) is 5.58 Å². The number of para-hydroxylation sites is 2. The highest BCUT2D eigenvalue weighted by Crippen LogP contribution is 2.28. The number of nitrogens with zero attached hydrogens (tertiary/aromatic N) is 1. The van der Waals surface area contributed by atoms with Crippen molar-refractivity contribution < 1.29 is 14.3 Å². The average molecular weight is 395 g/mol. The fourth-order valence-electron chi connectivity index (χ4n) is 3.46. The van der Waals surface area contributed by atoms with Gasteiger partial charge in [-0.25, -0.2) is 4.98 Å². The normalized spacial score (nSPS) is 21.7. The number of benzene rings is 2. The molecule has 1 amide bonds. The fourth-order valence-corrected chi connectivity index (χ4v) is 3.65. The Morgan fingerprint density at radius 1 is 1.29 bits per heavy atom. The molecule has 6 heteroatoms. The number of hydrogen-bond donors (Lipinski definition) is 2. The summed E-state index contributed by atoms with van der Waals surface area (Å²) >= 11 is 5.98. The molecule has 2 N–H and O–H groups in total.